The first-order valence-electron chi connectivity index (χ1n) is 7.86. The zero-order valence-electron chi connectivity index (χ0n) is 13.0. The SMILES string of the molecule is CCCNC(c1ccccc1)c1ccccc1OCCC. The molecular formula is C19H25NO. The van der Waals surface area contributed by atoms with Gasteiger partial charge in [-0.05, 0) is 31.0 Å². The highest BCUT2D eigenvalue weighted by Crippen LogP contribution is 2.30. The molecule has 2 rings (SSSR count). The summed E-state index contributed by atoms with van der Waals surface area (Å²) in [6, 6.07) is 19.1. The van der Waals surface area contributed by atoms with Gasteiger partial charge in [-0.3, -0.25) is 0 Å². The van der Waals surface area contributed by atoms with E-state index in [1.54, 1.807) is 0 Å². The van der Waals surface area contributed by atoms with E-state index in [4.69, 9.17) is 4.74 Å². The number of hydrogen-bond acceptors (Lipinski definition) is 2. The Bertz CT molecular complexity index is 524. The van der Waals surface area contributed by atoms with Crippen molar-refractivity contribution in [2.75, 3.05) is 13.2 Å². The molecule has 2 heteroatoms. The van der Waals surface area contributed by atoms with Crippen LogP contribution in [0.25, 0.3) is 0 Å². The minimum Gasteiger partial charge on any atom is -0.493 e. The van der Waals surface area contributed by atoms with Crippen molar-refractivity contribution in [3.05, 3.63) is 65.7 Å². The van der Waals surface area contributed by atoms with Crippen molar-refractivity contribution in [1.29, 1.82) is 0 Å². The van der Waals surface area contributed by atoms with E-state index in [0.29, 0.717) is 0 Å². The molecule has 0 spiro atoms. The number of ether oxygens (including phenoxy) is 1. The van der Waals surface area contributed by atoms with E-state index in [0.717, 1.165) is 31.7 Å². The van der Waals surface area contributed by atoms with Crippen LogP contribution in [0.5, 0.6) is 5.75 Å². The van der Waals surface area contributed by atoms with Gasteiger partial charge in [-0.2, -0.15) is 0 Å². The molecule has 0 radical (unpaired) electrons. The zero-order valence-corrected chi connectivity index (χ0v) is 13.0. The van der Waals surface area contributed by atoms with E-state index >= 15 is 0 Å². The molecule has 0 aliphatic carbocycles. The minimum absolute atomic E-state index is 0.180. The Balaban J connectivity index is 2.32. The van der Waals surface area contributed by atoms with Crippen molar-refractivity contribution in [2.24, 2.45) is 0 Å². The van der Waals surface area contributed by atoms with E-state index in [-0.39, 0.29) is 6.04 Å². The third kappa shape index (κ3) is 4.33. The Hall–Kier alpha value is -1.80. The van der Waals surface area contributed by atoms with Crippen LogP contribution >= 0.6 is 0 Å². The second-order valence-corrected chi connectivity index (χ2v) is 5.18. The minimum atomic E-state index is 0.180. The fraction of sp³-hybridized carbons (Fsp3) is 0.368. The summed E-state index contributed by atoms with van der Waals surface area (Å²) in [5, 5.41) is 3.64. The molecule has 1 unspecified atom stereocenters. The number of rotatable bonds is 8. The van der Waals surface area contributed by atoms with Crippen LogP contribution in [0.4, 0.5) is 0 Å². The molecule has 2 nitrogen and oxygen atoms in total. The maximum Gasteiger partial charge on any atom is 0.124 e. The number of para-hydroxylation sites is 1. The Morgan fingerprint density at radius 2 is 1.62 bits per heavy atom. The third-order valence-corrected chi connectivity index (χ3v) is 3.42. The summed E-state index contributed by atoms with van der Waals surface area (Å²) in [6.07, 6.45) is 2.13. The standard InChI is InChI=1S/C19H25NO/c1-3-14-20-19(16-10-6-5-7-11-16)17-12-8-9-13-18(17)21-15-4-2/h5-13,19-20H,3-4,14-15H2,1-2H3. The van der Waals surface area contributed by atoms with Gasteiger partial charge in [0.25, 0.3) is 0 Å². The van der Waals surface area contributed by atoms with Crippen molar-refractivity contribution >= 4 is 0 Å². The van der Waals surface area contributed by atoms with Gasteiger partial charge in [-0.25, -0.2) is 0 Å². The molecule has 1 atom stereocenters. The molecule has 0 amide bonds. The van der Waals surface area contributed by atoms with Crippen molar-refractivity contribution in [3.8, 4) is 5.75 Å². The highest BCUT2D eigenvalue weighted by molar-refractivity contribution is 5.41. The Labute approximate surface area is 128 Å². The average molecular weight is 283 g/mol. The Morgan fingerprint density at radius 3 is 2.33 bits per heavy atom. The van der Waals surface area contributed by atoms with Gasteiger partial charge in [0.1, 0.15) is 5.75 Å². The normalized spacial score (nSPS) is 12.1. The highest BCUT2D eigenvalue weighted by Gasteiger charge is 2.17. The fourth-order valence-corrected chi connectivity index (χ4v) is 2.40. The second kappa shape index (κ2) is 8.48. The molecule has 2 aromatic rings. The van der Waals surface area contributed by atoms with E-state index < -0.39 is 0 Å². The van der Waals surface area contributed by atoms with Gasteiger partial charge in [0.15, 0.2) is 0 Å². The van der Waals surface area contributed by atoms with Crippen LogP contribution in [-0.2, 0) is 0 Å². The quantitative estimate of drug-likeness (QED) is 0.766. The average Bonchev–Trinajstić information content (AvgIpc) is 2.55. The molecule has 0 aliphatic rings. The lowest BCUT2D eigenvalue weighted by Crippen LogP contribution is -2.23. The highest BCUT2D eigenvalue weighted by atomic mass is 16.5. The summed E-state index contributed by atoms with van der Waals surface area (Å²) in [5.41, 5.74) is 2.49. The monoisotopic (exact) mass is 283 g/mol. The van der Waals surface area contributed by atoms with Gasteiger partial charge in [0.05, 0.1) is 12.6 Å². The van der Waals surface area contributed by atoms with Crippen LogP contribution in [0.3, 0.4) is 0 Å². The van der Waals surface area contributed by atoms with Crippen LogP contribution in [0.15, 0.2) is 54.6 Å². The van der Waals surface area contributed by atoms with Crippen LogP contribution < -0.4 is 10.1 Å². The first-order valence-corrected chi connectivity index (χ1v) is 7.86. The van der Waals surface area contributed by atoms with E-state index in [1.807, 2.05) is 6.07 Å². The molecule has 112 valence electrons. The largest absolute Gasteiger partial charge is 0.493 e. The summed E-state index contributed by atoms with van der Waals surface area (Å²) in [6.45, 7) is 6.06. The lowest BCUT2D eigenvalue weighted by atomic mass is 9.97. The van der Waals surface area contributed by atoms with Crippen molar-refractivity contribution in [3.63, 3.8) is 0 Å². The van der Waals surface area contributed by atoms with Crippen LogP contribution in [0, 0.1) is 0 Å². The van der Waals surface area contributed by atoms with Gasteiger partial charge in [-0.1, -0.05) is 62.4 Å². The third-order valence-electron chi connectivity index (χ3n) is 3.42. The summed E-state index contributed by atoms with van der Waals surface area (Å²) in [5.74, 6) is 0.983. The smallest absolute Gasteiger partial charge is 0.124 e. The van der Waals surface area contributed by atoms with Crippen LogP contribution in [-0.4, -0.2) is 13.2 Å². The molecule has 0 bridgehead atoms. The molecule has 0 saturated carbocycles. The fourth-order valence-electron chi connectivity index (χ4n) is 2.40. The van der Waals surface area contributed by atoms with Gasteiger partial charge < -0.3 is 10.1 Å². The lowest BCUT2D eigenvalue weighted by Gasteiger charge is -2.22. The predicted octanol–water partition coefficient (Wildman–Crippen LogP) is 4.56. The summed E-state index contributed by atoms with van der Waals surface area (Å²) >= 11 is 0. The number of nitrogens with one attached hydrogen (secondary N) is 1. The van der Waals surface area contributed by atoms with Gasteiger partial charge in [-0.15, -0.1) is 0 Å². The topological polar surface area (TPSA) is 21.3 Å². The molecule has 21 heavy (non-hydrogen) atoms. The van der Waals surface area contributed by atoms with Crippen molar-refractivity contribution < 1.29 is 4.74 Å². The summed E-state index contributed by atoms with van der Waals surface area (Å²) in [7, 11) is 0. The van der Waals surface area contributed by atoms with E-state index in [1.165, 1.54) is 11.1 Å². The maximum atomic E-state index is 5.93. The molecule has 1 N–H and O–H groups in total. The van der Waals surface area contributed by atoms with Gasteiger partial charge in [0, 0.05) is 5.56 Å². The molecular weight excluding hydrogens is 258 g/mol. The van der Waals surface area contributed by atoms with E-state index in [2.05, 4.69) is 67.7 Å². The van der Waals surface area contributed by atoms with Crippen molar-refractivity contribution in [1.82, 2.24) is 5.32 Å². The molecule has 0 fully saturated rings. The molecule has 0 aliphatic heterocycles. The zero-order chi connectivity index (χ0) is 14.9. The Kier molecular flexibility index (Phi) is 6.29. The summed E-state index contributed by atoms with van der Waals surface area (Å²) in [4.78, 5) is 0. The first kappa shape index (κ1) is 15.6. The van der Waals surface area contributed by atoms with Crippen LogP contribution in [0.2, 0.25) is 0 Å². The van der Waals surface area contributed by atoms with Gasteiger partial charge in [0.2, 0.25) is 0 Å². The molecule has 2 aromatic carbocycles. The molecule has 0 saturated heterocycles. The molecule has 0 heterocycles. The lowest BCUT2D eigenvalue weighted by molar-refractivity contribution is 0.311. The second-order valence-electron chi connectivity index (χ2n) is 5.18. The predicted molar refractivity (Wildman–Crippen MR) is 88.8 cm³/mol. The number of hydrogen-bond donors (Lipinski definition) is 1. The maximum absolute atomic E-state index is 5.93. The Morgan fingerprint density at radius 1 is 0.905 bits per heavy atom. The molecule has 0 aromatic heterocycles. The summed E-state index contributed by atoms with van der Waals surface area (Å²) < 4.78 is 5.93. The number of benzene rings is 2. The van der Waals surface area contributed by atoms with Crippen LogP contribution in [0.1, 0.15) is 43.9 Å². The van der Waals surface area contributed by atoms with Gasteiger partial charge >= 0.3 is 0 Å². The van der Waals surface area contributed by atoms with E-state index in [9.17, 15) is 0 Å². The first-order chi connectivity index (χ1) is 10.4. The van der Waals surface area contributed by atoms with Crippen molar-refractivity contribution in [2.45, 2.75) is 32.7 Å².